The first kappa shape index (κ1) is 21.7. The molecule has 6 heteroatoms. The average molecular weight is 439 g/mol. The zero-order chi connectivity index (χ0) is 21.8. The molecule has 0 saturated heterocycles. The van der Waals surface area contributed by atoms with E-state index in [2.05, 4.69) is 11.1 Å². The van der Waals surface area contributed by atoms with Gasteiger partial charge in [-0.05, 0) is 73.9 Å². The Morgan fingerprint density at radius 2 is 1.87 bits per heavy atom. The molecule has 4 rings (SSSR count). The predicted octanol–water partition coefficient (Wildman–Crippen LogP) is 5.63. The number of rotatable bonds is 6. The number of nitrogens with zero attached hydrogens (tertiary/aromatic N) is 3. The van der Waals surface area contributed by atoms with Crippen LogP contribution in [0, 0.1) is 11.7 Å². The monoisotopic (exact) mass is 438 g/mol. The Labute approximate surface area is 188 Å². The second-order valence-corrected chi connectivity index (χ2v) is 8.91. The van der Waals surface area contributed by atoms with Crippen LogP contribution >= 0.6 is 11.6 Å². The average Bonchev–Trinajstić information content (AvgIpc) is 2.77. The second-order valence-electron chi connectivity index (χ2n) is 8.51. The number of benzene rings is 1. The van der Waals surface area contributed by atoms with Crippen LogP contribution < -0.4 is 10.6 Å². The van der Waals surface area contributed by atoms with E-state index in [-0.39, 0.29) is 5.82 Å². The van der Waals surface area contributed by atoms with E-state index in [1.165, 1.54) is 6.07 Å². The standard InChI is InChI=1S/C25H28ClFN4/c1-31(16-18-4-2-5-19(27)12-18)25-7-3-6-24(30-25)22-14-21(29-15-23(22)26)13-17-8-10-20(28)11-9-17/h2-7,12,14-15,17,20H,8-11,13,16,28H2,1H3. The minimum Gasteiger partial charge on any atom is -0.355 e. The summed E-state index contributed by atoms with van der Waals surface area (Å²) in [6.45, 7) is 0.563. The predicted molar refractivity (Wildman–Crippen MR) is 125 cm³/mol. The molecule has 0 unspecified atom stereocenters. The maximum absolute atomic E-state index is 13.5. The maximum Gasteiger partial charge on any atom is 0.129 e. The Bertz CT molecular complexity index is 1030. The summed E-state index contributed by atoms with van der Waals surface area (Å²) in [7, 11) is 1.95. The molecule has 0 radical (unpaired) electrons. The lowest BCUT2D eigenvalue weighted by atomic mass is 9.83. The third-order valence-corrected chi connectivity index (χ3v) is 6.31. The molecular formula is C25H28ClFN4. The Kier molecular flexibility index (Phi) is 6.83. The van der Waals surface area contributed by atoms with Gasteiger partial charge in [0, 0.05) is 37.1 Å². The lowest BCUT2D eigenvalue weighted by Gasteiger charge is -2.25. The molecule has 1 saturated carbocycles. The van der Waals surface area contributed by atoms with E-state index in [9.17, 15) is 4.39 Å². The van der Waals surface area contributed by atoms with Crippen molar-refractivity contribution in [3.05, 3.63) is 76.8 Å². The summed E-state index contributed by atoms with van der Waals surface area (Å²) >= 11 is 6.50. The fraction of sp³-hybridized carbons (Fsp3) is 0.360. The van der Waals surface area contributed by atoms with E-state index in [0.717, 1.165) is 60.4 Å². The summed E-state index contributed by atoms with van der Waals surface area (Å²) in [5.74, 6) is 1.19. The van der Waals surface area contributed by atoms with E-state index in [1.54, 1.807) is 18.3 Å². The lowest BCUT2D eigenvalue weighted by molar-refractivity contribution is 0.323. The molecule has 2 heterocycles. The van der Waals surface area contributed by atoms with E-state index in [0.29, 0.717) is 23.5 Å². The van der Waals surface area contributed by atoms with Gasteiger partial charge in [-0.3, -0.25) is 4.98 Å². The lowest BCUT2D eigenvalue weighted by Crippen LogP contribution is -2.27. The molecular weight excluding hydrogens is 411 g/mol. The van der Waals surface area contributed by atoms with Crippen LogP contribution in [0.3, 0.4) is 0 Å². The smallest absolute Gasteiger partial charge is 0.129 e. The van der Waals surface area contributed by atoms with Crippen molar-refractivity contribution < 1.29 is 4.39 Å². The number of anilines is 1. The number of pyridine rings is 2. The van der Waals surface area contributed by atoms with Crippen LogP contribution in [0.4, 0.5) is 10.2 Å². The summed E-state index contributed by atoms with van der Waals surface area (Å²) in [5, 5.41) is 0.590. The van der Waals surface area contributed by atoms with E-state index < -0.39 is 0 Å². The molecule has 0 bridgehead atoms. The van der Waals surface area contributed by atoms with Gasteiger partial charge >= 0.3 is 0 Å². The van der Waals surface area contributed by atoms with Gasteiger partial charge < -0.3 is 10.6 Å². The van der Waals surface area contributed by atoms with Crippen LogP contribution in [0.5, 0.6) is 0 Å². The molecule has 2 aromatic heterocycles. The highest BCUT2D eigenvalue weighted by Crippen LogP contribution is 2.31. The molecule has 1 aromatic carbocycles. The van der Waals surface area contributed by atoms with Crippen LogP contribution in [0.15, 0.2) is 54.7 Å². The van der Waals surface area contributed by atoms with Gasteiger partial charge in [0.1, 0.15) is 11.6 Å². The van der Waals surface area contributed by atoms with E-state index in [1.807, 2.05) is 36.2 Å². The third kappa shape index (κ3) is 5.60. The summed E-state index contributed by atoms with van der Waals surface area (Å²) < 4.78 is 13.5. The van der Waals surface area contributed by atoms with Crippen LogP contribution in [0.25, 0.3) is 11.3 Å². The first-order valence-corrected chi connectivity index (χ1v) is 11.2. The number of aromatic nitrogens is 2. The number of hydrogen-bond acceptors (Lipinski definition) is 4. The molecule has 0 amide bonds. The molecule has 31 heavy (non-hydrogen) atoms. The molecule has 0 spiro atoms. The highest BCUT2D eigenvalue weighted by Gasteiger charge is 2.20. The van der Waals surface area contributed by atoms with Crippen molar-refractivity contribution in [1.29, 1.82) is 0 Å². The van der Waals surface area contributed by atoms with Crippen LogP contribution in [-0.2, 0) is 13.0 Å². The molecule has 1 aliphatic rings. The van der Waals surface area contributed by atoms with Gasteiger partial charge in [-0.25, -0.2) is 9.37 Å². The van der Waals surface area contributed by atoms with Crippen molar-refractivity contribution in [3.8, 4) is 11.3 Å². The highest BCUT2D eigenvalue weighted by molar-refractivity contribution is 6.33. The highest BCUT2D eigenvalue weighted by atomic mass is 35.5. The molecule has 3 aromatic rings. The molecule has 0 aliphatic heterocycles. The Morgan fingerprint density at radius 3 is 2.65 bits per heavy atom. The quantitative estimate of drug-likeness (QED) is 0.541. The van der Waals surface area contributed by atoms with Gasteiger partial charge in [-0.2, -0.15) is 0 Å². The first-order valence-electron chi connectivity index (χ1n) is 10.8. The molecule has 1 fully saturated rings. The van der Waals surface area contributed by atoms with E-state index >= 15 is 0 Å². The van der Waals surface area contributed by atoms with Gasteiger partial charge in [0.15, 0.2) is 0 Å². The van der Waals surface area contributed by atoms with Crippen molar-refractivity contribution in [2.75, 3.05) is 11.9 Å². The van der Waals surface area contributed by atoms with Crippen molar-refractivity contribution in [2.45, 2.75) is 44.7 Å². The topological polar surface area (TPSA) is 55.0 Å². The van der Waals surface area contributed by atoms with Crippen molar-refractivity contribution in [3.63, 3.8) is 0 Å². The summed E-state index contributed by atoms with van der Waals surface area (Å²) in [4.78, 5) is 11.4. The van der Waals surface area contributed by atoms with Gasteiger partial charge in [-0.1, -0.05) is 29.8 Å². The van der Waals surface area contributed by atoms with Gasteiger partial charge in [-0.15, -0.1) is 0 Å². The van der Waals surface area contributed by atoms with Gasteiger partial charge in [0.25, 0.3) is 0 Å². The van der Waals surface area contributed by atoms with Gasteiger partial charge in [0.05, 0.1) is 10.7 Å². The van der Waals surface area contributed by atoms with Crippen molar-refractivity contribution >= 4 is 17.4 Å². The minimum absolute atomic E-state index is 0.233. The largest absolute Gasteiger partial charge is 0.355 e. The zero-order valence-corrected chi connectivity index (χ0v) is 18.5. The van der Waals surface area contributed by atoms with E-state index in [4.69, 9.17) is 22.3 Å². The number of nitrogens with two attached hydrogens (primary N) is 1. The Balaban J connectivity index is 1.52. The second kappa shape index (κ2) is 9.75. The van der Waals surface area contributed by atoms with Crippen LogP contribution in [0.2, 0.25) is 5.02 Å². The normalized spacial score (nSPS) is 18.7. The first-order chi connectivity index (χ1) is 15.0. The molecule has 162 valence electrons. The zero-order valence-electron chi connectivity index (χ0n) is 17.8. The molecule has 4 nitrogen and oxygen atoms in total. The molecule has 1 aliphatic carbocycles. The minimum atomic E-state index is -0.233. The van der Waals surface area contributed by atoms with Crippen LogP contribution in [-0.4, -0.2) is 23.1 Å². The number of hydrogen-bond donors (Lipinski definition) is 1. The SMILES string of the molecule is CN(Cc1cccc(F)c1)c1cccc(-c2cc(CC3CCC(N)CC3)ncc2Cl)n1. The van der Waals surface area contributed by atoms with Crippen LogP contribution in [0.1, 0.15) is 36.9 Å². The molecule has 2 N–H and O–H groups in total. The third-order valence-electron chi connectivity index (χ3n) is 6.01. The molecule has 0 atom stereocenters. The number of halogens is 2. The van der Waals surface area contributed by atoms with Gasteiger partial charge in [0.2, 0.25) is 0 Å². The maximum atomic E-state index is 13.5. The Morgan fingerprint density at radius 1 is 1.10 bits per heavy atom. The summed E-state index contributed by atoms with van der Waals surface area (Å²) in [6, 6.07) is 14.9. The fourth-order valence-electron chi connectivity index (χ4n) is 4.25. The summed E-state index contributed by atoms with van der Waals surface area (Å²) in [6.07, 6.45) is 7.15. The summed E-state index contributed by atoms with van der Waals surface area (Å²) in [5.41, 5.74) is 9.67. The van der Waals surface area contributed by atoms with Crippen molar-refractivity contribution in [1.82, 2.24) is 9.97 Å². The Hall–Kier alpha value is -2.50. The van der Waals surface area contributed by atoms with Crippen molar-refractivity contribution in [2.24, 2.45) is 11.7 Å². The fourth-order valence-corrected chi connectivity index (χ4v) is 4.45.